The molecule has 1 heterocycles. The van der Waals surface area contributed by atoms with Crippen LogP contribution in [0.15, 0.2) is 0 Å². The van der Waals surface area contributed by atoms with Crippen molar-refractivity contribution in [2.45, 2.75) is 45.8 Å². The Morgan fingerprint density at radius 1 is 1.27 bits per heavy atom. The average molecular weight is 213 g/mol. The van der Waals surface area contributed by atoms with Gasteiger partial charge in [0, 0.05) is 37.8 Å². The summed E-state index contributed by atoms with van der Waals surface area (Å²) < 4.78 is 0. The smallest absolute Gasteiger partial charge is 0.0195 e. The lowest BCUT2D eigenvalue weighted by Crippen LogP contribution is -2.58. The van der Waals surface area contributed by atoms with Gasteiger partial charge in [-0.1, -0.05) is 6.92 Å². The summed E-state index contributed by atoms with van der Waals surface area (Å²) in [4.78, 5) is 5.09. The molecule has 0 aromatic carbocycles. The zero-order valence-corrected chi connectivity index (χ0v) is 11.0. The molecule has 3 heteroatoms. The fraction of sp³-hybridized carbons (Fsp3) is 1.00. The molecule has 1 aliphatic heterocycles. The van der Waals surface area contributed by atoms with E-state index in [1.807, 2.05) is 0 Å². The molecule has 0 amide bonds. The van der Waals surface area contributed by atoms with Crippen LogP contribution in [-0.2, 0) is 0 Å². The van der Waals surface area contributed by atoms with Crippen LogP contribution in [-0.4, -0.2) is 61.2 Å². The molecule has 0 saturated carbocycles. The molecule has 1 fully saturated rings. The number of nitrogens with zero attached hydrogens (tertiary/aromatic N) is 2. The first-order chi connectivity index (χ1) is 7.06. The van der Waals surface area contributed by atoms with E-state index in [9.17, 15) is 0 Å². The Balaban J connectivity index is 2.42. The molecule has 0 spiro atoms. The van der Waals surface area contributed by atoms with Crippen molar-refractivity contribution in [1.29, 1.82) is 0 Å². The van der Waals surface area contributed by atoms with Gasteiger partial charge in [-0.3, -0.25) is 9.80 Å². The molecule has 3 unspecified atom stereocenters. The highest BCUT2D eigenvalue weighted by atomic mass is 15.3. The van der Waals surface area contributed by atoms with Gasteiger partial charge in [-0.15, -0.1) is 0 Å². The number of hydrogen-bond acceptors (Lipinski definition) is 3. The molecule has 0 bridgehead atoms. The molecule has 0 aromatic rings. The van der Waals surface area contributed by atoms with Crippen LogP contribution in [0, 0.1) is 0 Å². The molecule has 3 nitrogen and oxygen atoms in total. The highest BCUT2D eigenvalue weighted by Crippen LogP contribution is 2.15. The number of piperazine rings is 1. The van der Waals surface area contributed by atoms with E-state index in [-0.39, 0.29) is 0 Å². The van der Waals surface area contributed by atoms with Crippen molar-refractivity contribution in [2.24, 2.45) is 0 Å². The van der Waals surface area contributed by atoms with Gasteiger partial charge in [0.1, 0.15) is 0 Å². The molecule has 0 aromatic heterocycles. The zero-order valence-electron chi connectivity index (χ0n) is 11.0. The van der Waals surface area contributed by atoms with Gasteiger partial charge in [0.15, 0.2) is 0 Å². The van der Waals surface area contributed by atoms with Gasteiger partial charge in [0.05, 0.1) is 0 Å². The summed E-state index contributed by atoms with van der Waals surface area (Å²) >= 11 is 0. The molecule has 90 valence electrons. The molecule has 1 aliphatic rings. The van der Waals surface area contributed by atoms with Gasteiger partial charge >= 0.3 is 0 Å². The van der Waals surface area contributed by atoms with Crippen LogP contribution in [0.1, 0.15) is 27.7 Å². The van der Waals surface area contributed by atoms with Crippen LogP contribution in [0.5, 0.6) is 0 Å². The minimum Gasteiger partial charge on any atom is -0.315 e. The third kappa shape index (κ3) is 3.44. The number of rotatable bonds is 4. The highest BCUT2D eigenvalue weighted by molar-refractivity contribution is 4.85. The summed E-state index contributed by atoms with van der Waals surface area (Å²) in [5.74, 6) is 0. The maximum atomic E-state index is 3.43. The van der Waals surface area contributed by atoms with Crippen LogP contribution in [0.4, 0.5) is 0 Å². The lowest BCUT2D eigenvalue weighted by molar-refractivity contribution is 0.0383. The van der Waals surface area contributed by atoms with E-state index in [1.54, 1.807) is 0 Å². The van der Waals surface area contributed by atoms with Gasteiger partial charge in [-0.25, -0.2) is 0 Å². The van der Waals surface area contributed by atoms with Crippen LogP contribution < -0.4 is 5.32 Å². The second kappa shape index (κ2) is 5.83. The zero-order chi connectivity index (χ0) is 11.4. The van der Waals surface area contributed by atoms with E-state index in [4.69, 9.17) is 0 Å². The summed E-state index contributed by atoms with van der Waals surface area (Å²) in [5.41, 5.74) is 0. The Morgan fingerprint density at radius 2 is 1.80 bits per heavy atom. The Hall–Kier alpha value is -0.120. The summed E-state index contributed by atoms with van der Waals surface area (Å²) in [5, 5.41) is 3.43. The van der Waals surface area contributed by atoms with Gasteiger partial charge in [-0.05, 0) is 34.4 Å². The summed E-state index contributed by atoms with van der Waals surface area (Å²) in [6.45, 7) is 13.7. The molecule has 15 heavy (non-hydrogen) atoms. The second-order valence-corrected chi connectivity index (χ2v) is 4.97. The van der Waals surface area contributed by atoms with E-state index >= 15 is 0 Å². The number of hydrogen-bond donors (Lipinski definition) is 1. The summed E-state index contributed by atoms with van der Waals surface area (Å²) in [6, 6.07) is 2.01. The average Bonchev–Trinajstić information content (AvgIpc) is 2.21. The van der Waals surface area contributed by atoms with Crippen molar-refractivity contribution in [3.63, 3.8) is 0 Å². The minimum absolute atomic E-state index is 0.656. The normalized spacial score (nSPS) is 31.8. The van der Waals surface area contributed by atoms with Crippen molar-refractivity contribution < 1.29 is 0 Å². The Labute approximate surface area is 94.8 Å². The maximum absolute atomic E-state index is 3.43. The first-order valence-corrected chi connectivity index (χ1v) is 6.23. The highest BCUT2D eigenvalue weighted by Gasteiger charge is 2.28. The monoisotopic (exact) mass is 213 g/mol. The minimum atomic E-state index is 0.656. The van der Waals surface area contributed by atoms with E-state index in [1.165, 1.54) is 13.1 Å². The Bertz CT molecular complexity index is 172. The predicted octanol–water partition coefficient (Wildman–Crippen LogP) is 1.01. The molecule has 1 rings (SSSR count). The van der Waals surface area contributed by atoms with Crippen molar-refractivity contribution in [1.82, 2.24) is 15.1 Å². The Morgan fingerprint density at radius 3 is 2.27 bits per heavy atom. The molecule has 0 radical (unpaired) electrons. The quantitative estimate of drug-likeness (QED) is 0.752. The lowest BCUT2D eigenvalue weighted by Gasteiger charge is -2.44. The summed E-state index contributed by atoms with van der Waals surface area (Å²) in [7, 11) is 2.24. The molecular formula is C12H27N3. The first-order valence-electron chi connectivity index (χ1n) is 6.23. The van der Waals surface area contributed by atoms with Crippen molar-refractivity contribution in [3.8, 4) is 0 Å². The van der Waals surface area contributed by atoms with E-state index in [2.05, 4.69) is 49.9 Å². The van der Waals surface area contributed by atoms with E-state index < -0.39 is 0 Å². The van der Waals surface area contributed by atoms with Gasteiger partial charge in [-0.2, -0.15) is 0 Å². The third-order valence-corrected chi connectivity index (χ3v) is 3.70. The lowest BCUT2D eigenvalue weighted by atomic mass is 10.1. The van der Waals surface area contributed by atoms with Gasteiger partial charge < -0.3 is 5.32 Å². The van der Waals surface area contributed by atoms with Crippen molar-refractivity contribution in [2.75, 3.05) is 33.2 Å². The van der Waals surface area contributed by atoms with Crippen LogP contribution in [0.3, 0.4) is 0 Å². The summed E-state index contributed by atoms with van der Waals surface area (Å²) in [6.07, 6.45) is 0. The molecule has 3 atom stereocenters. The first kappa shape index (κ1) is 12.9. The van der Waals surface area contributed by atoms with Crippen molar-refractivity contribution >= 4 is 0 Å². The van der Waals surface area contributed by atoms with E-state index in [0.29, 0.717) is 18.1 Å². The largest absolute Gasteiger partial charge is 0.315 e. The van der Waals surface area contributed by atoms with Gasteiger partial charge in [0.2, 0.25) is 0 Å². The van der Waals surface area contributed by atoms with Crippen LogP contribution in [0.25, 0.3) is 0 Å². The fourth-order valence-electron chi connectivity index (χ4n) is 2.29. The van der Waals surface area contributed by atoms with Crippen LogP contribution in [0.2, 0.25) is 0 Å². The molecule has 1 N–H and O–H groups in total. The standard InChI is InChI=1S/C12H27N3/c1-6-13-7-10(2)15-8-11(3)14(5)12(4)9-15/h10-13H,6-9H2,1-5H3. The number of likely N-dealkylation sites (N-methyl/N-ethyl adjacent to an activating group) is 2. The van der Waals surface area contributed by atoms with Gasteiger partial charge in [0.25, 0.3) is 0 Å². The number of nitrogens with one attached hydrogen (secondary N) is 1. The SMILES string of the molecule is CCNCC(C)N1CC(C)N(C)C(C)C1. The second-order valence-electron chi connectivity index (χ2n) is 4.97. The maximum Gasteiger partial charge on any atom is 0.0195 e. The topological polar surface area (TPSA) is 18.5 Å². The Kier molecular flexibility index (Phi) is 5.03. The molecule has 1 saturated heterocycles. The molecular weight excluding hydrogens is 186 g/mol. The fourth-order valence-corrected chi connectivity index (χ4v) is 2.29. The van der Waals surface area contributed by atoms with Crippen LogP contribution >= 0.6 is 0 Å². The molecule has 0 aliphatic carbocycles. The third-order valence-electron chi connectivity index (χ3n) is 3.70. The predicted molar refractivity (Wildman–Crippen MR) is 66.3 cm³/mol. The van der Waals surface area contributed by atoms with Crippen molar-refractivity contribution in [3.05, 3.63) is 0 Å². The van der Waals surface area contributed by atoms with E-state index in [0.717, 1.165) is 13.1 Å².